The lowest BCUT2D eigenvalue weighted by Gasteiger charge is -2.19. The first-order chi connectivity index (χ1) is 15.3. The lowest BCUT2D eigenvalue weighted by atomic mass is 9.87. The topological polar surface area (TPSA) is 39.1 Å². The molecule has 0 saturated heterocycles. The minimum atomic E-state index is 0.156. The first-order valence-corrected chi connectivity index (χ1v) is 11.3. The standard InChI is InChI=1S/C28H33N3O/c1-7-32-24-14-12-23(13-15-24)31-26-17-20(3)19(2)16-25(26)30-27(31)29-18-21-8-10-22(11-9-21)28(4,5)6/h8-17H,7,18H2,1-6H3,(H,29,30). The van der Waals surface area contributed by atoms with Gasteiger partial charge in [0.15, 0.2) is 0 Å². The molecule has 0 spiro atoms. The number of rotatable bonds is 6. The molecule has 4 rings (SSSR count). The van der Waals surface area contributed by atoms with Gasteiger partial charge in [-0.25, -0.2) is 4.98 Å². The molecule has 166 valence electrons. The molecule has 4 nitrogen and oxygen atoms in total. The van der Waals surface area contributed by atoms with E-state index in [1.165, 1.54) is 22.3 Å². The van der Waals surface area contributed by atoms with Gasteiger partial charge in [-0.1, -0.05) is 45.0 Å². The van der Waals surface area contributed by atoms with Gasteiger partial charge in [0.25, 0.3) is 0 Å². The van der Waals surface area contributed by atoms with Crippen LogP contribution in [0.25, 0.3) is 16.7 Å². The maximum absolute atomic E-state index is 5.63. The summed E-state index contributed by atoms with van der Waals surface area (Å²) in [6.45, 7) is 14.4. The van der Waals surface area contributed by atoms with Gasteiger partial charge in [-0.15, -0.1) is 0 Å². The molecule has 3 aromatic carbocycles. The summed E-state index contributed by atoms with van der Waals surface area (Å²) in [6.07, 6.45) is 0. The van der Waals surface area contributed by atoms with Crippen LogP contribution in [0.5, 0.6) is 5.75 Å². The van der Waals surface area contributed by atoms with Gasteiger partial charge in [0.2, 0.25) is 5.95 Å². The highest BCUT2D eigenvalue weighted by Crippen LogP contribution is 2.29. The Kier molecular flexibility index (Phi) is 5.96. The molecule has 32 heavy (non-hydrogen) atoms. The van der Waals surface area contributed by atoms with Crippen molar-refractivity contribution in [3.05, 3.63) is 82.9 Å². The van der Waals surface area contributed by atoms with Crippen molar-refractivity contribution in [3.8, 4) is 11.4 Å². The van der Waals surface area contributed by atoms with Crippen LogP contribution in [0.2, 0.25) is 0 Å². The Morgan fingerprint density at radius 1 is 0.906 bits per heavy atom. The molecule has 0 bridgehead atoms. The van der Waals surface area contributed by atoms with Crippen LogP contribution in [-0.4, -0.2) is 16.2 Å². The third-order valence-electron chi connectivity index (χ3n) is 5.95. The van der Waals surface area contributed by atoms with Gasteiger partial charge in [-0.3, -0.25) is 4.57 Å². The second kappa shape index (κ2) is 8.70. The molecule has 0 unspecified atom stereocenters. The van der Waals surface area contributed by atoms with Crippen molar-refractivity contribution in [3.63, 3.8) is 0 Å². The minimum Gasteiger partial charge on any atom is -0.494 e. The van der Waals surface area contributed by atoms with Crippen molar-refractivity contribution in [1.82, 2.24) is 9.55 Å². The Bertz CT molecular complexity index is 1210. The Morgan fingerprint density at radius 3 is 2.19 bits per heavy atom. The summed E-state index contributed by atoms with van der Waals surface area (Å²) >= 11 is 0. The lowest BCUT2D eigenvalue weighted by molar-refractivity contribution is 0.340. The molecular formula is C28H33N3O. The van der Waals surface area contributed by atoms with Gasteiger partial charge in [-0.2, -0.15) is 0 Å². The van der Waals surface area contributed by atoms with E-state index in [-0.39, 0.29) is 5.41 Å². The van der Waals surface area contributed by atoms with E-state index in [9.17, 15) is 0 Å². The molecule has 0 saturated carbocycles. The van der Waals surface area contributed by atoms with Crippen molar-refractivity contribution in [2.45, 2.75) is 53.5 Å². The molecule has 0 aliphatic heterocycles. The second-order valence-electron chi connectivity index (χ2n) is 9.42. The highest BCUT2D eigenvalue weighted by atomic mass is 16.5. The lowest BCUT2D eigenvalue weighted by Crippen LogP contribution is -2.11. The third kappa shape index (κ3) is 4.50. The van der Waals surface area contributed by atoms with E-state index in [0.29, 0.717) is 13.2 Å². The van der Waals surface area contributed by atoms with Gasteiger partial charge >= 0.3 is 0 Å². The molecule has 0 aliphatic carbocycles. The molecule has 1 aromatic heterocycles. The molecule has 4 heteroatoms. The highest BCUT2D eigenvalue weighted by Gasteiger charge is 2.15. The van der Waals surface area contributed by atoms with Crippen LogP contribution in [-0.2, 0) is 12.0 Å². The van der Waals surface area contributed by atoms with E-state index in [4.69, 9.17) is 9.72 Å². The number of anilines is 1. The molecule has 0 amide bonds. The Hall–Kier alpha value is -3.27. The maximum atomic E-state index is 5.63. The molecule has 1 N–H and O–H groups in total. The quantitative estimate of drug-likeness (QED) is 0.362. The smallest absolute Gasteiger partial charge is 0.208 e. The van der Waals surface area contributed by atoms with E-state index in [1.54, 1.807) is 0 Å². The van der Waals surface area contributed by atoms with Crippen LogP contribution >= 0.6 is 0 Å². The number of hydrogen-bond acceptors (Lipinski definition) is 3. The van der Waals surface area contributed by atoms with Gasteiger partial charge in [0.05, 0.1) is 17.6 Å². The summed E-state index contributed by atoms with van der Waals surface area (Å²) in [4.78, 5) is 4.94. The summed E-state index contributed by atoms with van der Waals surface area (Å²) in [7, 11) is 0. The number of aryl methyl sites for hydroxylation is 2. The van der Waals surface area contributed by atoms with Crippen LogP contribution in [0.4, 0.5) is 5.95 Å². The summed E-state index contributed by atoms with van der Waals surface area (Å²) < 4.78 is 7.82. The predicted molar refractivity (Wildman–Crippen MR) is 134 cm³/mol. The molecule has 0 aliphatic rings. The van der Waals surface area contributed by atoms with Crippen molar-refractivity contribution in [1.29, 1.82) is 0 Å². The van der Waals surface area contributed by atoms with Gasteiger partial charge in [-0.05, 0) is 84.8 Å². The fraction of sp³-hybridized carbons (Fsp3) is 0.321. The average Bonchev–Trinajstić information content (AvgIpc) is 3.10. The van der Waals surface area contributed by atoms with Crippen LogP contribution in [0.3, 0.4) is 0 Å². The first kappa shape index (κ1) is 21.9. The minimum absolute atomic E-state index is 0.156. The van der Waals surface area contributed by atoms with Gasteiger partial charge in [0.1, 0.15) is 5.75 Å². The Labute approximate surface area is 191 Å². The summed E-state index contributed by atoms with van der Waals surface area (Å²) in [5.74, 6) is 1.72. The van der Waals surface area contributed by atoms with Crippen LogP contribution in [0, 0.1) is 13.8 Å². The molecule has 1 heterocycles. The van der Waals surface area contributed by atoms with Gasteiger partial charge in [0, 0.05) is 12.2 Å². The zero-order valence-electron chi connectivity index (χ0n) is 20.0. The van der Waals surface area contributed by atoms with Crippen LogP contribution < -0.4 is 10.1 Å². The van der Waals surface area contributed by atoms with E-state index in [1.807, 2.05) is 19.1 Å². The molecule has 0 atom stereocenters. The molecule has 0 fully saturated rings. The zero-order valence-corrected chi connectivity index (χ0v) is 20.0. The number of imidazole rings is 1. The monoisotopic (exact) mass is 427 g/mol. The number of nitrogens with zero attached hydrogens (tertiary/aromatic N) is 2. The van der Waals surface area contributed by atoms with E-state index in [0.717, 1.165) is 28.4 Å². The fourth-order valence-electron chi connectivity index (χ4n) is 3.87. The van der Waals surface area contributed by atoms with Gasteiger partial charge < -0.3 is 10.1 Å². The SMILES string of the molecule is CCOc1ccc(-n2c(NCc3ccc(C(C)(C)C)cc3)nc3cc(C)c(C)cc32)cc1. The molecule has 4 aromatic rings. The van der Waals surface area contributed by atoms with Crippen molar-refractivity contribution < 1.29 is 4.74 Å². The van der Waals surface area contributed by atoms with Crippen molar-refractivity contribution in [2.75, 3.05) is 11.9 Å². The van der Waals surface area contributed by atoms with E-state index in [2.05, 4.69) is 93.0 Å². The van der Waals surface area contributed by atoms with Crippen molar-refractivity contribution in [2.24, 2.45) is 0 Å². The molecule has 0 radical (unpaired) electrons. The first-order valence-electron chi connectivity index (χ1n) is 11.3. The number of nitrogens with one attached hydrogen (secondary N) is 1. The maximum Gasteiger partial charge on any atom is 0.208 e. The number of benzene rings is 3. The third-order valence-corrected chi connectivity index (χ3v) is 5.95. The summed E-state index contributed by atoms with van der Waals surface area (Å²) in [5.41, 5.74) is 8.39. The molecular weight excluding hydrogens is 394 g/mol. The number of ether oxygens (including phenoxy) is 1. The van der Waals surface area contributed by atoms with Crippen molar-refractivity contribution >= 4 is 17.0 Å². The van der Waals surface area contributed by atoms with E-state index < -0.39 is 0 Å². The Morgan fingerprint density at radius 2 is 1.56 bits per heavy atom. The number of fused-ring (bicyclic) bond motifs is 1. The van der Waals surface area contributed by atoms with Crippen LogP contribution in [0.1, 0.15) is 49.9 Å². The normalized spacial score (nSPS) is 11.7. The predicted octanol–water partition coefficient (Wildman–Crippen LogP) is 6.95. The zero-order chi connectivity index (χ0) is 22.9. The average molecular weight is 428 g/mol. The Balaban J connectivity index is 1.69. The second-order valence-corrected chi connectivity index (χ2v) is 9.42. The van der Waals surface area contributed by atoms with Crippen LogP contribution in [0.15, 0.2) is 60.7 Å². The number of aromatic nitrogens is 2. The highest BCUT2D eigenvalue weighted by molar-refractivity contribution is 5.83. The summed E-state index contributed by atoms with van der Waals surface area (Å²) in [6, 6.07) is 21.4. The van der Waals surface area contributed by atoms with E-state index >= 15 is 0 Å². The summed E-state index contributed by atoms with van der Waals surface area (Å²) in [5, 5.41) is 3.57. The largest absolute Gasteiger partial charge is 0.494 e. The fourth-order valence-corrected chi connectivity index (χ4v) is 3.87. The number of hydrogen-bond donors (Lipinski definition) is 1.